The molecule has 4 N–H and O–H groups in total. The second kappa shape index (κ2) is 7.78. The van der Waals surface area contributed by atoms with Crippen molar-refractivity contribution in [2.45, 2.75) is 13.0 Å². The van der Waals surface area contributed by atoms with Crippen molar-refractivity contribution < 1.29 is 9.59 Å². The van der Waals surface area contributed by atoms with Crippen LogP contribution in [0.4, 0.5) is 5.69 Å². The number of halogens is 1. The molecule has 0 radical (unpaired) electrons. The number of benzene rings is 2. The quantitative estimate of drug-likeness (QED) is 0.725. The summed E-state index contributed by atoms with van der Waals surface area (Å²) < 4.78 is 0.990. The zero-order chi connectivity index (χ0) is 16.8. The summed E-state index contributed by atoms with van der Waals surface area (Å²) in [6.07, 6.45) is 0. The lowest BCUT2D eigenvalue weighted by Gasteiger charge is -2.15. The van der Waals surface area contributed by atoms with Crippen molar-refractivity contribution >= 4 is 33.4 Å². The molecule has 2 rings (SSSR count). The summed E-state index contributed by atoms with van der Waals surface area (Å²) in [4.78, 5) is 23.4. The lowest BCUT2D eigenvalue weighted by atomic mass is 10.1. The minimum absolute atomic E-state index is 0.0607. The topological polar surface area (TPSA) is 84.2 Å². The van der Waals surface area contributed by atoms with Crippen molar-refractivity contribution in [3.8, 4) is 0 Å². The van der Waals surface area contributed by atoms with E-state index < -0.39 is 5.91 Å². The Hall–Kier alpha value is -2.34. The van der Waals surface area contributed by atoms with Crippen molar-refractivity contribution in [3.05, 3.63) is 64.1 Å². The number of para-hydroxylation sites is 1. The van der Waals surface area contributed by atoms with E-state index >= 15 is 0 Å². The second-order valence-corrected chi connectivity index (χ2v) is 6.02. The molecule has 0 saturated carbocycles. The Kier molecular flexibility index (Phi) is 5.76. The minimum Gasteiger partial charge on any atom is -0.376 e. The molecule has 0 aliphatic carbocycles. The van der Waals surface area contributed by atoms with Crippen LogP contribution in [0, 0.1) is 0 Å². The van der Waals surface area contributed by atoms with Gasteiger partial charge in [0, 0.05) is 10.2 Å². The molecular formula is C17H18BrN3O2. The van der Waals surface area contributed by atoms with Gasteiger partial charge in [0.1, 0.15) is 0 Å². The van der Waals surface area contributed by atoms with E-state index in [-0.39, 0.29) is 18.5 Å². The van der Waals surface area contributed by atoms with E-state index in [1.54, 1.807) is 24.3 Å². The first-order valence-corrected chi connectivity index (χ1v) is 7.94. The molecule has 2 aromatic rings. The first-order valence-electron chi connectivity index (χ1n) is 7.15. The molecule has 6 heteroatoms. The lowest BCUT2D eigenvalue weighted by molar-refractivity contribution is -0.120. The lowest BCUT2D eigenvalue weighted by Crippen LogP contribution is -2.32. The van der Waals surface area contributed by atoms with E-state index in [4.69, 9.17) is 5.73 Å². The van der Waals surface area contributed by atoms with Crippen molar-refractivity contribution in [1.82, 2.24) is 5.32 Å². The molecule has 0 bridgehead atoms. The summed E-state index contributed by atoms with van der Waals surface area (Å²) in [6.45, 7) is 1.98. The number of nitrogens with two attached hydrogens (primary N) is 1. The fourth-order valence-electron chi connectivity index (χ4n) is 2.15. The number of primary amides is 1. The molecular weight excluding hydrogens is 358 g/mol. The molecule has 0 aliphatic heterocycles. The normalized spacial score (nSPS) is 11.6. The van der Waals surface area contributed by atoms with Gasteiger partial charge in [-0.3, -0.25) is 9.59 Å². The fourth-order valence-corrected chi connectivity index (χ4v) is 2.42. The Bertz CT molecular complexity index is 701. The Balaban J connectivity index is 1.93. The molecule has 0 heterocycles. The van der Waals surface area contributed by atoms with Gasteiger partial charge in [0.05, 0.1) is 18.2 Å². The van der Waals surface area contributed by atoms with Crippen LogP contribution in [0.2, 0.25) is 0 Å². The zero-order valence-electron chi connectivity index (χ0n) is 12.7. The van der Waals surface area contributed by atoms with Crippen molar-refractivity contribution in [3.63, 3.8) is 0 Å². The fraction of sp³-hybridized carbons (Fsp3) is 0.176. The van der Waals surface area contributed by atoms with E-state index in [1.165, 1.54) is 0 Å². The van der Waals surface area contributed by atoms with Crippen LogP contribution in [0.5, 0.6) is 0 Å². The Morgan fingerprint density at radius 3 is 2.43 bits per heavy atom. The molecule has 2 amide bonds. The Labute approximate surface area is 143 Å². The number of carbonyl (C=O) groups excluding carboxylic acids is 2. The van der Waals surface area contributed by atoms with Gasteiger partial charge < -0.3 is 16.4 Å². The summed E-state index contributed by atoms with van der Waals surface area (Å²) >= 11 is 3.38. The van der Waals surface area contributed by atoms with Crippen LogP contribution in [-0.2, 0) is 4.79 Å². The van der Waals surface area contributed by atoms with Crippen molar-refractivity contribution in [2.75, 3.05) is 11.9 Å². The van der Waals surface area contributed by atoms with Gasteiger partial charge in [0.15, 0.2) is 0 Å². The number of anilines is 1. The molecule has 23 heavy (non-hydrogen) atoms. The number of nitrogens with one attached hydrogen (secondary N) is 2. The predicted molar refractivity (Wildman–Crippen MR) is 94.1 cm³/mol. The molecule has 120 valence electrons. The average molecular weight is 376 g/mol. The van der Waals surface area contributed by atoms with Gasteiger partial charge in [-0.05, 0) is 36.8 Å². The summed E-state index contributed by atoms with van der Waals surface area (Å²) in [5.74, 6) is -0.698. The maximum atomic E-state index is 12.0. The van der Waals surface area contributed by atoms with Gasteiger partial charge in [-0.15, -0.1) is 0 Å². The van der Waals surface area contributed by atoms with Crippen LogP contribution >= 0.6 is 15.9 Å². The smallest absolute Gasteiger partial charge is 0.250 e. The number of amides is 2. The minimum atomic E-state index is -0.531. The van der Waals surface area contributed by atoms with Gasteiger partial charge >= 0.3 is 0 Å². The Morgan fingerprint density at radius 2 is 1.78 bits per heavy atom. The zero-order valence-corrected chi connectivity index (χ0v) is 14.3. The van der Waals surface area contributed by atoms with Gasteiger partial charge in [-0.1, -0.05) is 40.2 Å². The first kappa shape index (κ1) is 17.0. The molecule has 0 aromatic heterocycles. The van der Waals surface area contributed by atoms with E-state index in [0.717, 1.165) is 10.0 Å². The van der Waals surface area contributed by atoms with Crippen molar-refractivity contribution in [2.24, 2.45) is 5.73 Å². The summed E-state index contributed by atoms with van der Waals surface area (Å²) in [6, 6.07) is 14.5. The standard InChI is InChI=1S/C17H18BrN3O2/c1-11(12-6-8-13(18)9-7-12)21-16(22)10-20-15-5-3-2-4-14(15)17(19)23/h2-9,11,20H,10H2,1H3,(H2,19,23)(H,21,22). The Morgan fingerprint density at radius 1 is 1.13 bits per heavy atom. The molecule has 0 fully saturated rings. The van der Waals surface area contributed by atoms with Crippen LogP contribution in [0.15, 0.2) is 53.0 Å². The van der Waals surface area contributed by atoms with Crippen LogP contribution in [0.1, 0.15) is 28.9 Å². The van der Waals surface area contributed by atoms with Crippen LogP contribution in [-0.4, -0.2) is 18.4 Å². The molecule has 2 aromatic carbocycles. The molecule has 0 saturated heterocycles. The highest BCUT2D eigenvalue weighted by Crippen LogP contribution is 2.17. The van der Waals surface area contributed by atoms with Crippen molar-refractivity contribution in [1.29, 1.82) is 0 Å². The third-order valence-corrected chi connectivity index (χ3v) is 3.91. The molecule has 1 unspecified atom stereocenters. The van der Waals surface area contributed by atoms with Crippen LogP contribution < -0.4 is 16.4 Å². The van der Waals surface area contributed by atoms with E-state index in [1.807, 2.05) is 31.2 Å². The average Bonchev–Trinajstić information content (AvgIpc) is 2.53. The highest BCUT2D eigenvalue weighted by atomic mass is 79.9. The third kappa shape index (κ3) is 4.82. The van der Waals surface area contributed by atoms with Gasteiger partial charge in [0.2, 0.25) is 5.91 Å². The van der Waals surface area contributed by atoms with Gasteiger partial charge in [-0.2, -0.15) is 0 Å². The number of rotatable bonds is 6. The second-order valence-electron chi connectivity index (χ2n) is 5.10. The monoisotopic (exact) mass is 375 g/mol. The third-order valence-electron chi connectivity index (χ3n) is 3.38. The molecule has 5 nitrogen and oxygen atoms in total. The number of carbonyl (C=O) groups is 2. The highest BCUT2D eigenvalue weighted by Gasteiger charge is 2.11. The van der Waals surface area contributed by atoms with Gasteiger partial charge in [0.25, 0.3) is 5.91 Å². The summed E-state index contributed by atoms with van der Waals surface area (Å²) in [5, 5.41) is 5.84. The maximum Gasteiger partial charge on any atom is 0.250 e. The SMILES string of the molecule is CC(NC(=O)CNc1ccccc1C(N)=O)c1ccc(Br)cc1. The van der Waals surface area contributed by atoms with Crippen LogP contribution in [0.3, 0.4) is 0 Å². The number of hydrogen-bond acceptors (Lipinski definition) is 3. The largest absolute Gasteiger partial charge is 0.376 e. The first-order chi connectivity index (χ1) is 11.0. The van der Waals surface area contributed by atoms with Crippen LogP contribution in [0.25, 0.3) is 0 Å². The van der Waals surface area contributed by atoms with Gasteiger partial charge in [-0.25, -0.2) is 0 Å². The molecule has 0 aliphatic rings. The highest BCUT2D eigenvalue weighted by molar-refractivity contribution is 9.10. The van der Waals surface area contributed by atoms with E-state index in [2.05, 4.69) is 26.6 Å². The molecule has 0 spiro atoms. The summed E-state index contributed by atoms with van der Waals surface area (Å²) in [5.41, 5.74) is 7.23. The summed E-state index contributed by atoms with van der Waals surface area (Å²) in [7, 11) is 0. The number of hydrogen-bond donors (Lipinski definition) is 3. The maximum absolute atomic E-state index is 12.0. The van der Waals surface area contributed by atoms with E-state index in [9.17, 15) is 9.59 Å². The molecule has 1 atom stereocenters. The van der Waals surface area contributed by atoms with E-state index in [0.29, 0.717) is 11.3 Å². The predicted octanol–water partition coefficient (Wildman–Crippen LogP) is 2.84.